The quantitative estimate of drug-likeness (QED) is 0.317. The zero-order chi connectivity index (χ0) is 28.6. The zero-order valence-corrected chi connectivity index (χ0v) is 22.2. The van der Waals surface area contributed by atoms with E-state index >= 15 is 0 Å². The Morgan fingerprint density at radius 3 is 2.30 bits per heavy atom. The fraction of sp³-hybridized carbons (Fsp3) is 0.321. The number of anilines is 1. The van der Waals surface area contributed by atoms with Crippen LogP contribution < -0.4 is 25.8 Å². The third-order valence-corrected chi connectivity index (χ3v) is 6.85. The van der Waals surface area contributed by atoms with E-state index < -0.39 is 29.6 Å². The van der Waals surface area contributed by atoms with Gasteiger partial charge in [-0.1, -0.05) is 36.4 Å². The Labute approximate surface area is 230 Å². The largest absolute Gasteiger partial charge is 0.496 e. The molecule has 4 N–H and O–H groups in total. The van der Waals surface area contributed by atoms with Gasteiger partial charge < -0.3 is 35.1 Å². The molecule has 0 aliphatic carbocycles. The van der Waals surface area contributed by atoms with E-state index in [2.05, 4.69) is 32.7 Å². The topological polar surface area (TPSA) is 163 Å². The molecule has 4 rings (SSSR count). The maximum absolute atomic E-state index is 13.2. The molecule has 0 saturated carbocycles. The molecule has 3 amide bonds. The van der Waals surface area contributed by atoms with Gasteiger partial charge in [0.1, 0.15) is 28.9 Å². The first-order valence-electron chi connectivity index (χ1n) is 12.7. The number of benzene rings is 2. The average Bonchev–Trinajstić information content (AvgIpc) is 2.97. The van der Waals surface area contributed by atoms with Gasteiger partial charge in [0.25, 0.3) is 5.91 Å². The molecule has 12 nitrogen and oxygen atoms in total. The molecular formula is C28H31N5O7. The third kappa shape index (κ3) is 6.57. The number of hydrogen-bond acceptors (Lipinski definition) is 7. The number of carbonyl (C=O) groups is 3. The maximum Gasteiger partial charge on any atom is 0.346 e. The molecule has 1 aliphatic heterocycles. The Kier molecular flexibility index (Phi) is 9.00. The van der Waals surface area contributed by atoms with Crippen molar-refractivity contribution in [3.63, 3.8) is 0 Å². The number of carbonyl (C=O) groups excluding carboxylic acids is 2. The second-order valence-corrected chi connectivity index (χ2v) is 9.29. The van der Waals surface area contributed by atoms with Crippen LogP contribution >= 0.6 is 0 Å². The van der Waals surface area contributed by atoms with E-state index in [1.54, 1.807) is 23.1 Å². The Morgan fingerprint density at radius 1 is 1.05 bits per heavy atom. The highest BCUT2D eigenvalue weighted by molar-refractivity contribution is 6.08. The number of H-pyrrole nitrogens is 1. The van der Waals surface area contributed by atoms with Crippen molar-refractivity contribution in [2.24, 2.45) is 0 Å². The van der Waals surface area contributed by atoms with Gasteiger partial charge >= 0.3 is 17.7 Å². The summed E-state index contributed by atoms with van der Waals surface area (Å²) in [6.07, 6.45) is 2.55. The van der Waals surface area contributed by atoms with E-state index in [0.717, 1.165) is 12.8 Å². The average molecular weight is 550 g/mol. The van der Waals surface area contributed by atoms with Gasteiger partial charge in [0.15, 0.2) is 0 Å². The van der Waals surface area contributed by atoms with Crippen LogP contribution in [0, 0.1) is 0 Å². The number of aliphatic carboxylic acids is 1. The fourth-order valence-corrected chi connectivity index (χ4v) is 4.73. The number of hydrogen-bond donors (Lipinski definition) is 4. The second-order valence-electron chi connectivity index (χ2n) is 9.29. The van der Waals surface area contributed by atoms with Crippen LogP contribution in [0.5, 0.6) is 11.5 Å². The van der Waals surface area contributed by atoms with Crippen LogP contribution in [0.25, 0.3) is 0 Å². The van der Waals surface area contributed by atoms with Crippen molar-refractivity contribution in [3.8, 4) is 11.5 Å². The number of likely N-dealkylation sites (tertiary alicyclic amines) is 1. The van der Waals surface area contributed by atoms with Crippen molar-refractivity contribution in [3.05, 3.63) is 81.9 Å². The molecule has 12 heteroatoms. The number of aromatic nitrogens is 2. The summed E-state index contributed by atoms with van der Waals surface area (Å²) in [5.41, 5.74) is 0.750. The molecule has 1 saturated heterocycles. The third-order valence-electron chi connectivity index (χ3n) is 6.85. The van der Waals surface area contributed by atoms with Gasteiger partial charge in [-0.25, -0.2) is 14.4 Å². The lowest BCUT2D eigenvalue weighted by atomic mass is 9.89. The first-order valence-corrected chi connectivity index (χ1v) is 12.7. The van der Waals surface area contributed by atoms with E-state index in [4.69, 9.17) is 9.47 Å². The number of urea groups is 1. The predicted octanol–water partition coefficient (Wildman–Crippen LogP) is 2.62. The van der Waals surface area contributed by atoms with E-state index in [-0.39, 0.29) is 34.9 Å². The van der Waals surface area contributed by atoms with Crippen LogP contribution in [0.4, 0.5) is 10.6 Å². The van der Waals surface area contributed by atoms with Gasteiger partial charge in [0, 0.05) is 31.3 Å². The van der Waals surface area contributed by atoms with E-state index in [1.165, 1.54) is 26.0 Å². The van der Waals surface area contributed by atoms with Gasteiger partial charge in [0.05, 0.1) is 14.2 Å². The molecule has 2 aromatic carbocycles. The number of aromatic amines is 1. The van der Waals surface area contributed by atoms with Crippen molar-refractivity contribution in [1.82, 2.24) is 20.2 Å². The van der Waals surface area contributed by atoms with Crippen molar-refractivity contribution < 1.29 is 29.0 Å². The summed E-state index contributed by atoms with van der Waals surface area (Å²) in [7, 11) is 2.79. The van der Waals surface area contributed by atoms with Crippen molar-refractivity contribution in [2.45, 2.75) is 31.2 Å². The van der Waals surface area contributed by atoms with Crippen LogP contribution in [0.1, 0.15) is 40.2 Å². The Bertz CT molecular complexity index is 1400. The minimum Gasteiger partial charge on any atom is -0.496 e. The lowest BCUT2D eigenvalue weighted by molar-refractivity contribution is -0.139. The molecule has 1 unspecified atom stereocenters. The summed E-state index contributed by atoms with van der Waals surface area (Å²) >= 11 is 0. The van der Waals surface area contributed by atoms with Gasteiger partial charge in [0.2, 0.25) is 0 Å². The van der Waals surface area contributed by atoms with E-state index in [0.29, 0.717) is 19.0 Å². The number of nitrogens with zero attached hydrogens (tertiary/aromatic N) is 2. The molecule has 0 spiro atoms. The maximum atomic E-state index is 13.2. The van der Waals surface area contributed by atoms with Crippen LogP contribution in [0.15, 0.2) is 59.5 Å². The van der Waals surface area contributed by atoms with Crippen LogP contribution in [0.2, 0.25) is 0 Å². The summed E-state index contributed by atoms with van der Waals surface area (Å²) in [4.78, 5) is 58.0. The highest BCUT2D eigenvalue weighted by Crippen LogP contribution is 2.30. The minimum atomic E-state index is -1.34. The standard InChI is InChI=1S/C28H31N5O7/c1-39-21-9-6-10-22(40-2)23(21)25(34)31-24-19(16-29-27(37)32-24)15-20(26(35)36)30-28(38)33-13-11-18(12-14-33)17-7-4-3-5-8-17/h3-10,16,18,20H,11-15H2,1-2H3,(H,30,38)(H,35,36)(H2,29,31,32,34,37). The predicted molar refractivity (Wildman–Crippen MR) is 146 cm³/mol. The Hall–Kier alpha value is -4.87. The molecule has 3 aromatic rings. The molecule has 2 heterocycles. The summed E-state index contributed by atoms with van der Waals surface area (Å²) in [5.74, 6) is -1.30. The number of amides is 3. The van der Waals surface area contributed by atoms with Gasteiger partial charge in [-0.05, 0) is 36.5 Å². The molecule has 1 fully saturated rings. The fourth-order valence-electron chi connectivity index (χ4n) is 4.73. The van der Waals surface area contributed by atoms with Crippen LogP contribution in [-0.2, 0) is 11.2 Å². The van der Waals surface area contributed by atoms with Gasteiger partial charge in [-0.2, -0.15) is 4.98 Å². The number of piperidine rings is 1. The molecule has 1 aromatic heterocycles. The number of methoxy groups -OCH3 is 2. The molecule has 1 aliphatic rings. The molecule has 40 heavy (non-hydrogen) atoms. The number of carboxylic acids is 1. The highest BCUT2D eigenvalue weighted by atomic mass is 16.5. The van der Waals surface area contributed by atoms with Crippen molar-refractivity contribution in [2.75, 3.05) is 32.6 Å². The van der Waals surface area contributed by atoms with Crippen molar-refractivity contribution in [1.29, 1.82) is 0 Å². The Balaban J connectivity index is 1.47. The first kappa shape index (κ1) is 28.1. The Morgan fingerprint density at radius 2 is 1.70 bits per heavy atom. The van der Waals surface area contributed by atoms with E-state index in [9.17, 15) is 24.3 Å². The van der Waals surface area contributed by atoms with E-state index in [1.807, 2.05) is 18.2 Å². The SMILES string of the molecule is COc1cccc(OC)c1C(=O)Nc1nc(=O)[nH]cc1CC(NC(=O)N1CCC(c2ccccc2)CC1)C(=O)O. The van der Waals surface area contributed by atoms with Crippen molar-refractivity contribution >= 4 is 23.7 Å². The zero-order valence-electron chi connectivity index (χ0n) is 22.2. The lowest BCUT2D eigenvalue weighted by Crippen LogP contribution is -2.50. The molecule has 0 bridgehead atoms. The highest BCUT2D eigenvalue weighted by Gasteiger charge is 2.29. The van der Waals surface area contributed by atoms with Crippen LogP contribution in [-0.4, -0.2) is 71.2 Å². The summed E-state index contributed by atoms with van der Waals surface area (Å²) in [6.45, 7) is 0.972. The normalized spacial score (nSPS) is 14.2. The molecule has 0 radical (unpaired) electrons. The monoisotopic (exact) mass is 549 g/mol. The molecule has 210 valence electrons. The number of ether oxygens (including phenoxy) is 2. The summed E-state index contributed by atoms with van der Waals surface area (Å²) < 4.78 is 10.5. The van der Waals surface area contributed by atoms with Crippen LogP contribution in [0.3, 0.4) is 0 Å². The smallest absolute Gasteiger partial charge is 0.346 e. The molecular weight excluding hydrogens is 518 g/mol. The first-order chi connectivity index (χ1) is 19.3. The number of carboxylic acid groups (broad SMARTS) is 1. The lowest BCUT2D eigenvalue weighted by Gasteiger charge is -2.33. The number of nitrogens with one attached hydrogen (secondary N) is 3. The summed E-state index contributed by atoms with van der Waals surface area (Å²) in [6, 6.07) is 13.0. The second kappa shape index (κ2) is 12.8. The van der Waals surface area contributed by atoms with Gasteiger partial charge in [-0.3, -0.25) is 4.79 Å². The minimum absolute atomic E-state index is 0.0718. The van der Waals surface area contributed by atoms with Gasteiger partial charge in [-0.15, -0.1) is 0 Å². The number of rotatable bonds is 9. The summed E-state index contributed by atoms with van der Waals surface area (Å²) in [5, 5.41) is 15.0. The molecule has 1 atom stereocenters.